The Labute approximate surface area is 360 Å². The summed E-state index contributed by atoms with van der Waals surface area (Å²) in [6, 6.07) is 12.4. The Morgan fingerprint density at radius 2 is 1.23 bits per heavy atom. The zero-order valence-corrected chi connectivity index (χ0v) is 37.9. The molecule has 1 unspecified atom stereocenters. The highest BCUT2D eigenvalue weighted by Crippen LogP contribution is 2.37. The summed E-state index contributed by atoms with van der Waals surface area (Å²) in [4.78, 5) is 31.7. The molecule has 0 spiro atoms. The lowest BCUT2D eigenvalue weighted by molar-refractivity contribution is -0.136. The number of amides is 1. The van der Waals surface area contributed by atoms with E-state index in [1.807, 2.05) is 6.07 Å². The van der Waals surface area contributed by atoms with Crippen LogP contribution < -0.4 is 10.1 Å². The number of aliphatic imine (C=N–C) groups is 1. The Hall–Kier alpha value is -4.19. The van der Waals surface area contributed by atoms with E-state index in [1.54, 1.807) is 56.3 Å². The molecule has 1 amide bonds. The third-order valence-corrected chi connectivity index (χ3v) is 13.4. The number of carbonyl (C=O) groups excluding carboxylic acids is 1. The minimum Gasteiger partial charge on any atom is -0.491 e. The first kappa shape index (κ1) is 48.5. The number of nitrogens with zero attached hydrogens (tertiary/aromatic N) is 4. The van der Waals surface area contributed by atoms with E-state index < -0.39 is 27.9 Å². The summed E-state index contributed by atoms with van der Waals surface area (Å²) < 4.78 is 37.9. The second-order valence-corrected chi connectivity index (χ2v) is 18.3. The Balaban J connectivity index is 1.49. The molecule has 0 aliphatic carbocycles. The highest BCUT2D eigenvalue weighted by atomic mass is 32.2. The van der Waals surface area contributed by atoms with Crippen molar-refractivity contribution < 1.29 is 27.9 Å². The standard InChI is InChI=1S/C48H73N5O6S/c1-5-7-9-11-13-14-15-16-17-18-19-20-21-22-23-29-35-52-47(49-42-32-26-28-34-44(42)60(52,57)58)46(53-39(4)40(37-45(54)55)38(3)51-53)48(56)50-41-31-25-27-33-43(41)59-36-30-24-12-10-8-6-2/h25-28,31-34,46H,5-24,29-30,35-37H2,1-4H3,(H,50,56)(H,54,55). The van der Waals surface area contributed by atoms with Crippen molar-refractivity contribution in [1.29, 1.82) is 0 Å². The maximum Gasteiger partial charge on any atom is 0.307 e. The molecule has 1 aromatic heterocycles. The van der Waals surface area contributed by atoms with Crippen LogP contribution in [0.4, 0.5) is 11.4 Å². The number of carbonyl (C=O) groups is 2. The van der Waals surface area contributed by atoms with Gasteiger partial charge in [0.25, 0.3) is 15.9 Å². The number of aryl methyl sites for hydroxylation is 1. The molecule has 11 nitrogen and oxygen atoms in total. The van der Waals surface area contributed by atoms with Crippen LogP contribution in [0.2, 0.25) is 0 Å². The van der Waals surface area contributed by atoms with E-state index in [2.05, 4.69) is 19.2 Å². The maximum atomic E-state index is 14.8. The number of hydrogen-bond donors (Lipinski definition) is 2. The van der Waals surface area contributed by atoms with Crippen molar-refractivity contribution in [2.75, 3.05) is 18.5 Å². The smallest absolute Gasteiger partial charge is 0.307 e. The van der Waals surface area contributed by atoms with E-state index in [4.69, 9.17) is 14.8 Å². The minimum atomic E-state index is -4.12. The lowest BCUT2D eigenvalue weighted by atomic mass is 10.0. The van der Waals surface area contributed by atoms with Crippen LogP contribution in [0.1, 0.15) is 178 Å². The zero-order valence-electron chi connectivity index (χ0n) is 37.1. The number of ether oxygens (including phenoxy) is 1. The van der Waals surface area contributed by atoms with Gasteiger partial charge in [0, 0.05) is 17.8 Å². The number of anilines is 1. The zero-order chi connectivity index (χ0) is 43.2. The molecule has 0 saturated heterocycles. The largest absolute Gasteiger partial charge is 0.491 e. The van der Waals surface area contributed by atoms with E-state index in [-0.39, 0.29) is 29.4 Å². The van der Waals surface area contributed by atoms with Gasteiger partial charge in [-0.1, -0.05) is 167 Å². The van der Waals surface area contributed by atoms with Crippen LogP contribution in [-0.4, -0.2) is 58.5 Å². The Kier molecular flexibility index (Phi) is 21.2. The van der Waals surface area contributed by atoms with Gasteiger partial charge in [-0.05, 0) is 51.0 Å². The Morgan fingerprint density at radius 1 is 0.717 bits per heavy atom. The molecule has 2 N–H and O–H groups in total. The van der Waals surface area contributed by atoms with Crippen molar-refractivity contribution in [2.24, 2.45) is 4.99 Å². The molecule has 2 heterocycles. The molecule has 0 fully saturated rings. The van der Waals surface area contributed by atoms with E-state index in [0.29, 0.717) is 41.4 Å². The topological polar surface area (TPSA) is 143 Å². The normalized spacial score (nSPS) is 13.8. The summed E-state index contributed by atoms with van der Waals surface area (Å²) in [6.07, 6.45) is 25.6. The fourth-order valence-corrected chi connectivity index (χ4v) is 9.70. The first-order chi connectivity index (χ1) is 29.1. The van der Waals surface area contributed by atoms with Gasteiger partial charge in [-0.25, -0.2) is 18.1 Å². The van der Waals surface area contributed by atoms with E-state index >= 15 is 0 Å². The Morgan fingerprint density at radius 3 is 1.82 bits per heavy atom. The number of rotatable bonds is 31. The van der Waals surface area contributed by atoms with Crippen molar-refractivity contribution >= 4 is 39.1 Å². The first-order valence-corrected chi connectivity index (χ1v) is 24.5. The number of amidine groups is 1. The second-order valence-electron chi connectivity index (χ2n) is 16.5. The molecule has 3 aromatic rings. The number of unbranched alkanes of at least 4 members (excludes halogenated alkanes) is 20. The van der Waals surface area contributed by atoms with Crippen molar-refractivity contribution in [2.45, 2.75) is 186 Å². The number of nitrogens with one attached hydrogen (secondary N) is 1. The summed E-state index contributed by atoms with van der Waals surface area (Å²) in [7, 11) is -4.12. The van der Waals surface area contributed by atoms with Gasteiger partial charge in [-0.15, -0.1) is 0 Å². The maximum absolute atomic E-state index is 14.8. The highest BCUT2D eigenvalue weighted by molar-refractivity contribution is 7.90. The summed E-state index contributed by atoms with van der Waals surface area (Å²) in [5.74, 6) is -1.07. The fraction of sp³-hybridized carbons (Fsp3) is 0.625. The molecular formula is C48H73N5O6S. The number of aromatic nitrogens is 2. The predicted octanol–water partition coefficient (Wildman–Crippen LogP) is 12.0. The summed E-state index contributed by atoms with van der Waals surface area (Å²) in [5.41, 5.74) is 2.04. The molecule has 4 rings (SSSR count). The number of carboxylic acids is 1. The summed E-state index contributed by atoms with van der Waals surface area (Å²) in [5, 5.41) is 17.5. The average Bonchev–Trinajstić information content (AvgIpc) is 3.49. The molecule has 12 heteroatoms. The molecule has 1 atom stereocenters. The number of hydrogen-bond acceptors (Lipinski definition) is 7. The van der Waals surface area contributed by atoms with Gasteiger partial charge in [0.1, 0.15) is 10.6 Å². The van der Waals surface area contributed by atoms with Gasteiger partial charge >= 0.3 is 5.97 Å². The Bertz CT molecular complexity index is 1910. The van der Waals surface area contributed by atoms with Crippen molar-refractivity contribution in [3.63, 3.8) is 0 Å². The molecular weight excluding hydrogens is 775 g/mol. The van der Waals surface area contributed by atoms with Gasteiger partial charge in [0.2, 0.25) is 0 Å². The van der Waals surface area contributed by atoms with E-state index in [9.17, 15) is 23.1 Å². The molecule has 0 saturated carbocycles. The highest BCUT2D eigenvalue weighted by Gasteiger charge is 2.42. The number of aliphatic carboxylic acids is 1. The predicted molar refractivity (Wildman–Crippen MR) is 243 cm³/mol. The molecule has 1 aliphatic heterocycles. The third kappa shape index (κ3) is 14.8. The van der Waals surface area contributed by atoms with Gasteiger partial charge in [-0.2, -0.15) is 5.10 Å². The van der Waals surface area contributed by atoms with Crippen LogP contribution in [0, 0.1) is 13.8 Å². The molecule has 1 aliphatic rings. The average molecular weight is 848 g/mol. The number of carboxylic acid groups (broad SMARTS) is 1. The lowest BCUT2D eigenvalue weighted by Crippen LogP contribution is -2.48. The molecule has 60 heavy (non-hydrogen) atoms. The monoisotopic (exact) mass is 848 g/mol. The summed E-state index contributed by atoms with van der Waals surface area (Å²) >= 11 is 0. The number of sulfonamides is 1. The first-order valence-electron chi connectivity index (χ1n) is 23.1. The van der Waals surface area contributed by atoms with Crippen LogP contribution in [-0.2, 0) is 26.0 Å². The number of benzene rings is 2. The fourth-order valence-electron chi connectivity index (χ4n) is 8.08. The summed E-state index contributed by atoms with van der Waals surface area (Å²) in [6.45, 7) is 8.49. The van der Waals surface area contributed by atoms with Gasteiger partial charge in [-0.3, -0.25) is 13.9 Å². The number of para-hydroxylation sites is 3. The van der Waals surface area contributed by atoms with E-state index in [0.717, 1.165) is 38.5 Å². The molecule has 2 aromatic carbocycles. The van der Waals surface area contributed by atoms with Crippen LogP contribution >= 0.6 is 0 Å². The lowest BCUT2D eigenvalue weighted by Gasteiger charge is -2.34. The third-order valence-electron chi connectivity index (χ3n) is 11.6. The van der Waals surface area contributed by atoms with Crippen molar-refractivity contribution in [1.82, 2.24) is 14.1 Å². The van der Waals surface area contributed by atoms with Crippen molar-refractivity contribution in [3.8, 4) is 5.75 Å². The SMILES string of the molecule is CCCCCCCCCCCCCCCCCCN1C(C(C(=O)Nc2ccccc2OCCCCCCCC)n2nc(C)c(CC(=O)O)c2C)=Nc2ccccc2S1(=O)=O. The molecule has 332 valence electrons. The van der Waals surface area contributed by atoms with E-state index in [1.165, 1.54) is 105 Å². The van der Waals surface area contributed by atoms with Gasteiger partial charge in [0.15, 0.2) is 11.9 Å². The quantitative estimate of drug-likeness (QED) is 0.0614. The van der Waals surface area contributed by atoms with Crippen molar-refractivity contribution in [3.05, 3.63) is 65.5 Å². The van der Waals surface area contributed by atoms with Gasteiger partial charge < -0.3 is 15.2 Å². The van der Waals surface area contributed by atoms with Crippen LogP contribution in [0.15, 0.2) is 58.4 Å². The van der Waals surface area contributed by atoms with Crippen LogP contribution in [0.3, 0.4) is 0 Å². The molecule has 0 bridgehead atoms. The van der Waals surface area contributed by atoms with Crippen LogP contribution in [0.25, 0.3) is 0 Å². The molecule has 0 radical (unpaired) electrons. The second kappa shape index (κ2) is 26.2. The number of fused-ring (bicyclic) bond motifs is 1. The minimum absolute atomic E-state index is 0.0186. The van der Waals surface area contributed by atoms with Crippen LogP contribution in [0.5, 0.6) is 5.75 Å². The van der Waals surface area contributed by atoms with Gasteiger partial charge in [0.05, 0.1) is 30.1 Å².